The van der Waals surface area contributed by atoms with Crippen molar-refractivity contribution in [3.8, 4) is 17.2 Å². The van der Waals surface area contributed by atoms with E-state index in [4.69, 9.17) is 32.4 Å². The molecule has 0 aliphatic rings. The number of oxazole rings is 1. The highest BCUT2D eigenvalue weighted by Gasteiger charge is 2.11. The number of nitrogens with zero attached hydrogens (tertiary/aromatic N) is 1. The van der Waals surface area contributed by atoms with E-state index in [2.05, 4.69) is 36.3 Å². The van der Waals surface area contributed by atoms with Crippen molar-refractivity contribution in [1.82, 2.24) is 4.98 Å². The number of benzene rings is 3. The second kappa shape index (κ2) is 9.69. The van der Waals surface area contributed by atoms with Crippen LogP contribution in [0.5, 0.6) is 5.75 Å². The monoisotopic (exact) mass is 480 g/mol. The fraction of sp³-hybridized carbons (Fsp3) is 0.154. The van der Waals surface area contributed by atoms with Crippen LogP contribution >= 0.6 is 23.2 Å². The number of fused-ring (bicyclic) bond motifs is 1. The molecular weight excluding hydrogens is 459 g/mol. The van der Waals surface area contributed by atoms with Crippen molar-refractivity contribution < 1.29 is 13.9 Å². The molecule has 0 aliphatic carbocycles. The number of hydrogen-bond donors (Lipinski definition) is 1. The van der Waals surface area contributed by atoms with Crippen LogP contribution in [0.1, 0.15) is 30.9 Å². The smallest absolute Gasteiger partial charge is 0.248 e. The van der Waals surface area contributed by atoms with Gasteiger partial charge < -0.3 is 14.5 Å². The first-order chi connectivity index (χ1) is 15.8. The maximum Gasteiger partial charge on any atom is 0.248 e. The van der Waals surface area contributed by atoms with Gasteiger partial charge in [-0.1, -0.05) is 43.1 Å². The van der Waals surface area contributed by atoms with Crippen molar-refractivity contribution >= 4 is 52.0 Å². The lowest BCUT2D eigenvalue weighted by Gasteiger charge is -2.08. The zero-order chi connectivity index (χ0) is 23.5. The van der Waals surface area contributed by atoms with Gasteiger partial charge in [0.25, 0.3) is 0 Å². The summed E-state index contributed by atoms with van der Waals surface area (Å²) >= 11 is 12.2. The predicted octanol–water partition coefficient (Wildman–Crippen LogP) is 7.59. The molecule has 0 aliphatic heterocycles. The summed E-state index contributed by atoms with van der Waals surface area (Å²) in [5, 5.41) is 3.65. The van der Waals surface area contributed by atoms with Crippen LogP contribution in [0.2, 0.25) is 10.0 Å². The molecular formula is C26H22Cl2N2O3. The van der Waals surface area contributed by atoms with Crippen molar-refractivity contribution in [3.05, 3.63) is 81.8 Å². The highest BCUT2D eigenvalue weighted by Crippen LogP contribution is 2.33. The van der Waals surface area contributed by atoms with E-state index in [-0.39, 0.29) is 5.91 Å². The van der Waals surface area contributed by atoms with Crippen LogP contribution in [0, 0.1) is 0 Å². The summed E-state index contributed by atoms with van der Waals surface area (Å²) in [5.41, 5.74) is 4.86. The molecule has 0 atom stereocenters. The molecule has 7 heteroatoms. The van der Waals surface area contributed by atoms with Gasteiger partial charge in [-0.3, -0.25) is 4.79 Å². The summed E-state index contributed by atoms with van der Waals surface area (Å²) in [6.07, 6.45) is 3.00. The molecule has 168 valence electrons. The summed E-state index contributed by atoms with van der Waals surface area (Å²) < 4.78 is 11.2. The molecule has 33 heavy (non-hydrogen) atoms. The van der Waals surface area contributed by atoms with Crippen molar-refractivity contribution in [2.45, 2.75) is 19.8 Å². The number of carbonyl (C=O) groups is 1. The first-order valence-electron chi connectivity index (χ1n) is 10.4. The normalized spacial score (nSPS) is 11.5. The number of carbonyl (C=O) groups excluding carboxylic acids is 1. The van der Waals surface area contributed by atoms with Crippen LogP contribution in [0.15, 0.2) is 65.1 Å². The molecule has 0 fully saturated rings. The number of methoxy groups -OCH3 is 1. The number of nitrogens with one attached hydrogen (secondary N) is 1. The number of ether oxygens (including phenoxy) is 1. The highest BCUT2D eigenvalue weighted by molar-refractivity contribution is 6.36. The van der Waals surface area contributed by atoms with Gasteiger partial charge in [0.1, 0.15) is 11.3 Å². The Morgan fingerprint density at radius 1 is 1.09 bits per heavy atom. The topological polar surface area (TPSA) is 64.4 Å². The van der Waals surface area contributed by atoms with Crippen LogP contribution in [-0.4, -0.2) is 18.0 Å². The Morgan fingerprint density at radius 3 is 2.55 bits per heavy atom. The standard InChI is InChI=1S/C26H22Cl2N2O3/c1-15(2)17-6-10-23-22(13-17)30-26(33-23)16-4-8-20(9-5-16)29-24(31)11-7-18-12-19(27)14-21(28)25(18)32-3/h4-15H,1-3H3,(H,29,31). The van der Waals surface area contributed by atoms with Gasteiger partial charge in [0.15, 0.2) is 5.58 Å². The largest absolute Gasteiger partial charge is 0.495 e. The third-order valence-corrected chi connectivity index (χ3v) is 5.63. The van der Waals surface area contributed by atoms with Crippen LogP contribution in [0.3, 0.4) is 0 Å². The number of anilines is 1. The Balaban J connectivity index is 1.47. The third-order valence-electron chi connectivity index (χ3n) is 5.13. The summed E-state index contributed by atoms with van der Waals surface area (Å²) in [7, 11) is 1.51. The Hall–Kier alpha value is -3.28. The van der Waals surface area contributed by atoms with Gasteiger partial charge in [-0.25, -0.2) is 4.98 Å². The van der Waals surface area contributed by atoms with E-state index in [1.165, 1.54) is 18.7 Å². The van der Waals surface area contributed by atoms with E-state index >= 15 is 0 Å². The number of aromatic nitrogens is 1. The van der Waals surface area contributed by atoms with Gasteiger partial charge in [0.05, 0.1) is 12.1 Å². The molecule has 0 saturated heterocycles. The number of rotatable bonds is 6. The molecule has 1 aromatic heterocycles. The maximum atomic E-state index is 12.4. The molecule has 1 amide bonds. The summed E-state index contributed by atoms with van der Waals surface area (Å²) in [4.78, 5) is 17.0. The molecule has 0 radical (unpaired) electrons. The average molecular weight is 481 g/mol. The first kappa shape index (κ1) is 22.9. The number of halogens is 2. The molecule has 1 heterocycles. The SMILES string of the molecule is COc1c(Cl)cc(Cl)cc1C=CC(=O)Nc1ccc(-c2nc3cc(C(C)C)ccc3o2)cc1. The molecule has 1 N–H and O–H groups in total. The minimum absolute atomic E-state index is 0.302. The molecule has 5 nitrogen and oxygen atoms in total. The van der Waals surface area contributed by atoms with E-state index in [9.17, 15) is 4.79 Å². The minimum Gasteiger partial charge on any atom is -0.495 e. The third kappa shape index (κ3) is 5.21. The van der Waals surface area contributed by atoms with E-state index in [1.807, 2.05) is 18.2 Å². The van der Waals surface area contributed by atoms with E-state index in [1.54, 1.807) is 30.3 Å². The van der Waals surface area contributed by atoms with Gasteiger partial charge in [0.2, 0.25) is 11.8 Å². The van der Waals surface area contributed by atoms with Crippen molar-refractivity contribution in [3.63, 3.8) is 0 Å². The van der Waals surface area contributed by atoms with Crippen molar-refractivity contribution in [2.75, 3.05) is 12.4 Å². The van der Waals surface area contributed by atoms with E-state index in [0.717, 1.165) is 16.7 Å². The van der Waals surface area contributed by atoms with Crippen LogP contribution in [-0.2, 0) is 4.79 Å². The van der Waals surface area contributed by atoms with Crippen molar-refractivity contribution in [1.29, 1.82) is 0 Å². The lowest BCUT2D eigenvalue weighted by molar-refractivity contribution is -0.111. The molecule has 0 spiro atoms. The second-order valence-corrected chi connectivity index (χ2v) is 8.65. The predicted molar refractivity (Wildman–Crippen MR) is 134 cm³/mol. The van der Waals surface area contributed by atoms with Crippen LogP contribution in [0.25, 0.3) is 28.6 Å². The number of amides is 1. The summed E-state index contributed by atoms with van der Waals surface area (Å²) in [6, 6.07) is 16.6. The summed E-state index contributed by atoms with van der Waals surface area (Å²) in [6.45, 7) is 4.29. The van der Waals surface area contributed by atoms with Gasteiger partial charge >= 0.3 is 0 Å². The van der Waals surface area contributed by atoms with Crippen LogP contribution < -0.4 is 10.1 Å². The molecule has 0 unspecified atom stereocenters. The van der Waals surface area contributed by atoms with Gasteiger partial charge in [0, 0.05) is 27.9 Å². The van der Waals surface area contributed by atoms with Crippen molar-refractivity contribution in [2.24, 2.45) is 0 Å². The van der Waals surface area contributed by atoms with Gasteiger partial charge in [-0.2, -0.15) is 0 Å². The molecule has 0 saturated carbocycles. The highest BCUT2D eigenvalue weighted by atomic mass is 35.5. The molecule has 4 rings (SSSR count). The molecule has 0 bridgehead atoms. The second-order valence-electron chi connectivity index (χ2n) is 7.81. The van der Waals surface area contributed by atoms with E-state index in [0.29, 0.717) is 38.9 Å². The zero-order valence-corrected chi connectivity index (χ0v) is 19.9. The van der Waals surface area contributed by atoms with Gasteiger partial charge in [-0.05, 0) is 66.1 Å². The fourth-order valence-electron chi connectivity index (χ4n) is 3.39. The summed E-state index contributed by atoms with van der Waals surface area (Å²) in [5.74, 6) is 1.11. The maximum absolute atomic E-state index is 12.4. The van der Waals surface area contributed by atoms with Gasteiger partial charge in [-0.15, -0.1) is 0 Å². The number of hydrogen-bond acceptors (Lipinski definition) is 4. The Kier molecular flexibility index (Phi) is 6.72. The minimum atomic E-state index is -0.302. The van der Waals surface area contributed by atoms with E-state index < -0.39 is 0 Å². The first-order valence-corrected chi connectivity index (χ1v) is 11.1. The lowest BCUT2D eigenvalue weighted by Crippen LogP contribution is -2.07. The Morgan fingerprint density at radius 2 is 1.85 bits per heavy atom. The molecule has 4 aromatic rings. The molecule has 3 aromatic carbocycles. The quantitative estimate of drug-likeness (QED) is 0.288. The zero-order valence-electron chi connectivity index (χ0n) is 18.4. The fourth-order valence-corrected chi connectivity index (χ4v) is 3.98. The Bertz CT molecular complexity index is 1340. The lowest BCUT2D eigenvalue weighted by atomic mass is 10.0. The Labute approximate surface area is 202 Å². The average Bonchev–Trinajstić information content (AvgIpc) is 3.21. The van der Waals surface area contributed by atoms with Crippen LogP contribution in [0.4, 0.5) is 5.69 Å².